The molecule has 2 aliphatic rings. The molecule has 1 heterocycles. The van der Waals surface area contributed by atoms with Crippen LogP contribution in [0.1, 0.15) is 31.5 Å². The molecule has 2 aliphatic carbocycles. The van der Waals surface area contributed by atoms with Gasteiger partial charge >= 0.3 is 0 Å². The summed E-state index contributed by atoms with van der Waals surface area (Å²) in [4.78, 5) is 4.24. The first-order chi connectivity index (χ1) is 8.33. The van der Waals surface area contributed by atoms with Crippen molar-refractivity contribution in [1.82, 2.24) is 14.9 Å². The zero-order valence-electron chi connectivity index (χ0n) is 10.7. The number of aryl methyl sites for hydroxylation is 1. The highest BCUT2D eigenvalue weighted by atomic mass is 15.1. The van der Waals surface area contributed by atoms with Gasteiger partial charge < -0.3 is 9.88 Å². The molecule has 0 saturated heterocycles. The Kier molecular flexibility index (Phi) is 3.19. The molecule has 94 valence electrons. The lowest BCUT2D eigenvalue weighted by molar-refractivity contribution is 0.317. The van der Waals surface area contributed by atoms with Gasteiger partial charge in [-0.15, -0.1) is 0 Å². The number of nitrogens with one attached hydrogen (secondary N) is 1. The van der Waals surface area contributed by atoms with E-state index in [2.05, 4.69) is 28.0 Å². The molecule has 3 rings (SSSR count). The van der Waals surface area contributed by atoms with E-state index in [1.807, 2.05) is 6.20 Å². The van der Waals surface area contributed by atoms with Gasteiger partial charge in [-0.1, -0.05) is 6.42 Å². The van der Waals surface area contributed by atoms with Gasteiger partial charge in [0.05, 0.1) is 0 Å². The number of imidazole rings is 1. The fraction of sp³-hybridized carbons (Fsp3) is 0.786. The van der Waals surface area contributed by atoms with Crippen molar-refractivity contribution in [2.45, 2.75) is 39.2 Å². The molecule has 1 N–H and O–H groups in total. The Morgan fingerprint density at radius 3 is 3.00 bits per heavy atom. The molecule has 3 heteroatoms. The lowest BCUT2D eigenvalue weighted by atomic mass is 9.89. The highest BCUT2D eigenvalue weighted by Gasteiger charge is 2.38. The second-order valence-electron chi connectivity index (χ2n) is 5.81. The molecule has 1 aromatic rings. The van der Waals surface area contributed by atoms with Crippen molar-refractivity contribution in [1.29, 1.82) is 0 Å². The van der Waals surface area contributed by atoms with Gasteiger partial charge in [0, 0.05) is 25.5 Å². The average Bonchev–Trinajstić information content (AvgIpc) is 3.01. The third-order valence-electron chi connectivity index (χ3n) is 4.74. The molecule has 0 amide bonds. The molecule has 2 fully saturated rings. The maximum atomic E-state index is 4.24. The van der Waals surface area contributed by atoms with E-state index in [1.165, 1.54) is 32.2 Å². The lowest BCUT2D eigenvalue weighted by Gasteiger charge is -2.22. The summed E-state index contributed by atoms with van der Waals surface area (Å²) in [5.74, 6) is 4.20. The molecule has 1 aromatic heterocycles. The number of aromatic nitrogens is 2. The molecular weight excluding hydrogens is 210 g/mol. The molecule has 0 spiro atoms. The van der Waals surface area contributed by atoms with Gasteiger partial charge in [0.15, 0.2) is 0 Å². The smallest absolute Gasteiger partial charge is 0.105 e. The molecular formula is C14H23N3. The number of fused-ring (bicyclic) bond motifs is 2. The monoisotopic (exact) mass is 233 g/mol. The predicted molar refractivity (Wildman–Crippen MR) is 68.8 cm³/mol. The number of rotatable bonds is 5. The molecule has 3 unspecified atom stereocenters. The SMILES string of the molecule is Cc1nccn1CCNCC1CC2CCC1C2. The van der Waals surface area contributed by atoms with Crippen molar-refractivity contribution < 1.29 is 0 Å². The first kappa shape index (κ1) is 11.3. The highest BCUT2D eigenvalue weighted by Crippen LogP contribution is 2.47. The largest absolute Gasteiger partial charge is 0.334 e. The topological polar surface area (TPSA) is 29.9 Å². The van der Waals surface area contributed by atoms with Crippen LogP contribution in [0.25, 0.3) is 0 Å². The van der Waals surface area contributed by atoms with E-state index in [9.17, 15) is 0 Å². The van der Waals surface area contributed by atoms with Gasteiger partial charge in [0.25, 0.3) is 0 Å². The van der Waals surface area contributed by atoms with Gasteiger partial charge in [-0.3, -0.25) is 0 Å². The van der Waals surface area contributed by atoms with Crippen LogP contribution in [0.3, 0.4) is 0 Å². The van der Waals surface area contributed by atoms with Crippen molar-refractivity contribution in [2.24, 2.45) is 17.8 Å². The average molecular weight is 233 g/mol. The van der Waals surface area contributed by atoms with Gasteiger partial charge in [-0.05, 0) is 50.5 Å². The second-order valence-corrected chi connectivity index (χ2v) is 5.81. The molecule has 0 aromatic carbocycles. The van der Waals surface area contributed by atoms with Crippen molar-refractivity contribution in [3.05, 3.63) is 18.2 Å². The second kappa shape index (κ2) is 4.81. The van der Waals surface area contributed by atoms with E-state index >= 15 is 0 Å². The van der Waals surface area contributed by atoms with Gasteiger partial charge in [-0.25, -0.2) is 4.98 Å². The van der Waals surface area contributed by atoms with E-state index in [0.29, 0.717) is 0 Å². The van der Waals surface area contributed by atoms with Crippen LogP contribution in [0.5, 0.6) is 0 Å². The summed E-state index contributed by atoms with van der Waals surface area (Å²) in [5, 5.41) is 3.63. The summed E-state index contributed by atoms with van der Waals surface area (Å²) in [6.07, 6.45) is 9.96. The summed E-state index contributed by atoms with van der Waals surface area (Å²) in [6.45, 7) is 5.42. The Hall–Kier alpha value is -0.830. The normalized spacial score (nSPS) is 31.2. The summed E-state index contributed by atoms with van der Waals surface area (Å²) in [6, 6.07) is 0. The van der Waals surface area contributed by atoms with Crippen LogP contribution in [-0.4, -0.2) is 22.6 Å². The van der Waals surface area contributed by atoms with Crippen LogP contribution in [0, 0.1) is 24.7 Å². The summed E-state index contributed by atoms with van der Waals surface area (Å²) >= 11 is 0. The highest BCUT2D eigenvalue weighted by molar-refractivity contribution is 4.91. The zero-order valence-corrected chi connectivity index (χ0v) is 10.7. The van der Waals surface area contributed by atoms with E-state index in [4.69, 9.17) is 0 Å². The standard InChI is InChI=1S/C14H23N3/c1-11-16-5-7-17(11)6-4-15-10-14-9-12-2-3-13(14)8-12/h5,7,12-15H,2-4,6,8-10H2,1H3. The van der Waals surface area contributed by atoms with Crippen molar-refractivity contribution >= 4 is 0 Å². The third kappa shape index (κ3) is 2.39. The van der Waals surface area contributed by atoms with Crippen LogP contribution in [0.2, 0.25) is 0 Å². The third-order valence-corrected chi connectivity index (χ3v) is 4.74. The Labute approximate surface area is 104 Å². The van der Waals surface area contributed by atoms with Crippen LogP contribution < -0.4 is 5.32 Å². The van der Waals surface area contributed by atoms with Gasteiger partial charge in [0.1, 0.15) is 5.82 Å². The molecule has 0 aliphatic heterocycles. The summed E-state index contributed by atoms with van der Waals surface area (Å²) in [5.41, 5.74) is 0. The summed E-state index contributed by atoms with van der Waals surface area (Å²) < 4.78 is 2.22. The van der Waals surface area contributed by atoms with Crippen molar-refractivity contribution in [2.75, 3.05) is 13.1 Å². The number of hydrogen-bond donors (Lipinski definition) is 1. The van der Waals surface area contributed by atoms with E-state index in [0.717, 1.165) is 36.7 Å². The van der Waals surface area contributed by atoms with Gasteiger partial charge in [-0.2, -0.15) is 0 Å². The van der Waals surface area contributed by atoms with Crippen LogP contribution >= 0.6 is 0 Å². The van der Waals surface area contributed by atoms with Crippen molar-refractivity contribution in [3.8, 4) is 0 Å². The Bertz CT molecular complexity index is 371. The maximum absolute atomic E-state index is 4.24. The first-order valence-electron chi connectivity index (χ1n) is 7.01. The Morgan fingerprint density at radius 1 is 1.41 bits per heavy atom. The minimum absolute atomic E-state index is 0.970. The quantitative estimate of drug-likeness (QED) is 0.790. The molecule has 17 heavy (non-hydrogen) atoms. The van der Waals surface area contributed by atoms with Gasteiger partial charge in [0.2, 0.25) is 0 Å². The van der Waals surface area contributed by atoms with Crippen LogP contribution in [0.4, 0.5) is 0 Å². The Morgan fingerprint density at radius 2 is 2.35 bits per heavy atom. The van der Waals surface area contributed by atoms with Crippen LogP contribution in [-0.2, 0) is 6.54 Å². The lowest BCUT2D eigenvalue weighted by Crippen LogP contribution is -2.29. The van der Waals surface area contributed by atoms with Crippen molar-refractivity contribution in [3.63, 3.8) is 0 Å². The van der Waals surface area contributed by atoms with E-state index in [1.54, 1.807) is 0 Å². The molecule has 0 radical (unpaired) electrons. The maximum Gasteiger partial charge on any atom is 0.105 e. The van der Waals surface area contributed by atoms with Crippen LogP contribution in [0.15, 0.2) is 12.4 Å². The van der Waals surface area contributed by atoms with E-state index in [-0.39, 0.29) is 0 Å². The molecule has 2 bridgehead atoms. The molecule has 3 nitrogen and oxygen atoms in total. The van der Waals surface area contributed by atoms with E-state index < -0.39 is 0 Å². The fourth-order valence-electron chi connectivity index (χ4n) is 3.75. The molecule has 3 atom stereocenters. The Balaban J connectivity index is 1.37. The number of nitrogens with zero attached hydrogens (tertiary/aromatic N) is 2. The minimum Gasteiger partial charge on any atom is -0.334 e. The number of hydrogen-bond acceptors (Lipinski definition) is 2. The zero-order chi connectivity index (χ0) is 11.7. The molecule has 2 saturated carbocycles. The fourth-order valence-corrected chi connectivity index (χ4v) is 3.75. The predicted octanol–water partition coefficient (Wildman–Crippen LogP) is 2.22. The minimum atomic E-state index is 0.970. The summed E-state index contributed by atoms with van der Waals surface area (Å²) in [7, 11) is 0. The first-order valence-corrected chi connectivity index (χ1v) is 7.01.